The zero-order chi connectivity index (χ0) is 30.9. The van der Waals surface area contributed by atoms with Crippen molar-refractivity contribution in [1.29, 1.82) is 0 Å². The number of aromatic nitrogens is 4. The van der Waals surface area contributed by atoms with Gasteiger partial charge in [0, 0.05) is 22.5 Å². The maximum absolute atomic E-state index is 16.8. The maximum Gasteiger partial charge on any atom is 0.355 e. The van der Waals surface area contributed by atoms with E-state index < -0.39 is 17.6 Å². The fraction of sp³-hybridized carbons (Fsp3) is 0.294. The SMILES string of the molecule is C#Cc1c(F)ccc2cc(O)cc(-c3ncc4c(-c5ccc6n5CCOC6=O)nc(OCC56CCCN5CCC6)nc4c3F)c12. The lowest BCUT2D eigenvalue weighted by molar-refractivity contribution is 0.0424. The number of nitrogens with zero attached hydrogens (tertiary/aromatic N) is 5. The first-order valence-corrected chi connectivity index (χ1v) is 14.9. The van der Waals surface area contributed by atoms with Gasteiger partial charge in [-0.15, -0.1) is 6.42 Å². The first-order valence-electron chi connectivity index (χ1n) is 14.9. The number of hydrogen-bond donors (Lipinski definition) is 1. The van der Waals surface area contributed by atoms with E-state index in [-0.39, 0.29) is 57.0 Å². The lowest BCUT2D eigenvalue weighted by atomic mass is 9.95. The van der Waals surface area contributed by atoms with Crippen LogP contribution in [-0.4, -0.2) is 67.3 Å². The third-order valence-electron chi connectivity index (χ3n) is 9.38. The second-order valence-electron chi connectivity index (χ2n) is 11.8. The average Bonchev–Trinajstić information content (AvgIpc) is 3.75. The summed E-state index contributed by atoms with van der Waals surface area (Å²) in [5.74, 6) is 0.276. The Morgan fingerprint density at radius 1 is 1.04 bits per heavy atom. The molecule has 8 rings (SSSR count). The highest BCUT2D eigenvalue weighted by Gasteiger charge is 2.45. The number of cyclic esters (lactones) is 1. The minimum Gasteiger partial charge on any atom is -0.508 e. The number of ether oxygens (including phenoxy) is 2. The topological polar surface area (TPSA) is 103 Å². The highest BCUT2D eigenvalue weighted by Crippen LogP contribution is 2.41. The molecule has 5 aromatic rings. The van der Waals surface area contributed by atoms with Gasteiger partial charge in [0.2, 0.25) is 0 Å². The molecule has 45 heavy (non-hydrogen) atoms. The molecule has 2 fully saturated rings. The number of carbonyl (C=O) groups excluding carboxylic acids is 1. The molecule has 0 atom stereocenters. The summed E-state index contributed by atoms with van der Waals surface area (Å²) in [6.45, 7) is 2.97. The van der Waals surface area contributed by atoms with Crippen LogP contribution in [0.4, 0.5) is 8.78 Å². The number of rotatable bonds is 5. The molecule has 6 heterocycles. The van der Waals surface area contributed by atoms with Gasteiger partial charge in [0.25, 0.3) is 0 Å². The molecule has 0 radical (unpaired) electrons. The fourth-order valence-electron chi connectivity index (χ4n) is 7.29. The Balaban J connectivity index is 1.33. The predicted octanol–water partition coefficient (Wildman–Crippen LogP) is 5.46. The van der Waals surface area contributed by atoms with Crippen molar-refractivity contribution in [3.63, 3.8) is 0 Å². The van der Waals surface area contributed by atoms with Crippen LogP contribution in [0.2, 0.25) is 0 Å². The highest BCUT2D eigenvalue weighted by atomic mass is 19.1. The summed E-state index contributed by atoms with van der Waals surface area (Å²) in [6.07, 6.45) is 11.3. The Morgan fingerprint density at radius 3 is 2.64 bits per heavy atom. The van der Waals surface area contributed by atoms with E-state index in [2.05, 4.69) is 20.8 Å². The fourth-order valence-corrected chi connectivity index (χ4v) is 7.29. The summed E-state index contributed by atoms with van der Waals surface area (Å²) in [7, 11) is 0. The number of fused-ring (bicyclic) bond motifs is 4. The highest BCUT2D eigenvalue weighted by molar-refractivity contribution is 6.03. The van der Waals surface area contributed by atoms with Crippen LogP contribution < -0.4 is 4.74 Å². The number of aromatic hydroxyl groups is 1. The average molecular weight is 608 g/mol. The Labute approximate surface area is 256 Å². The van der Waals surface area contributed by atoms with Gasteiger partial charge < -0.3 is 19.1 Å². The number of benzene rings is 2. The molecule has 226 valence electrons. The summed E-state index contributed by atoms with van der Waals surface area (Å²) >= 11 is 0. The smallest absolute Gasteiger partial charge is 0.355 e. The van der Waals surface area contributed by atoms with E-state index in [1.165, 1.54) is 30.5 Å². The van der Waals surface area contributed by atoms with E-state index in [0.29, 0.717) is 35.6 Å². The lowest BCUT2D eigenvalue weighted by Crippen LogP contribution is -2.43. The van der Waals surface area contributed by atoms with Crippen molar-refractivity contribution in [2.24, 2.45) is 0 Å². The van der Waals surface area contributed by atoms with Crippen LogP contribution in [0.3, 0.4) is 0 Å². The van der Waals surface area contributed by atoms with E-state index in [9.17, 15) is 14.3 Å². The van der Waals surface area contributed by atoms with Gasteiger partial charge in [0.05, 0.1) is 23.3 Å². The molecule has 2 aromatic carbocycles. The Hall–Kier alpha value is -5.08. The van der Waals surface area contributed by atoms with Gasteiger partial charge in [-0.25, -0.2) is 13.6 Å². The lowest BCUT2D eigenvalue weighted by Gasteiger charge is -2.31. The summed E-state index contributed by atoms with van der Waals surface area (Å²) < 4.78 is 44.9. The molecule has 0 spiro atoms. The van der Waals surface area contributed by atoms with E-state index in [1.54, 1.807) is 16.7 Å². The maximum atomic E-state index is 16.8. The van der Waals surface area contributed by atoms with Crippen molar-refractivity contribution >= 4 is 27.6 Å². The van der Waals surface area contributed by atoms with Gasteiger partial charge in [-0.05, 0) is 74.5 Å². The largest absolute Gasteiger partial charge is 0.508 e. The molecule has 2 saturated heterocycles. The van der Waals surface area contributed by atoms with E-state index >= 15 is 4.39 Å². The van der Waals surface area contributed by atoms with Crippen LogP contribution in [0.1, 0.15) is 41.7 Å². The molecule has 11 heteroatoms. The first kappa shape index (κ1) is 27.5. The van der Waals surface area contributed by atoms with E-state index in [1.807, 2.05) is 0 Å². The quantitative estimate of drug-likeness (QED) is 0.208. The van der Waals surface area contributed by atoms with Crippen molar-refractivity contribution in [1.82, 2.24) is 24.4 Å². The third-order valence-corrected chi connectivity index (χ3v) is 9.38. The van der Waals surface area contributed by atoms with Crippen LogP contribution in [-0.2, 0) is 11.3 Å². The minimum atomic E-state index is -0.813. The summed E-state index contributed by atoms with van der Waals surface area (Å²) in [6, 6.07) is 8.78. The van der Waals surface area contributed by atoms with Crippen LogP contribution in [0.25, 0.3) is 44.3 Å². The zero-order valence-corrected chi connectivity index (χ0v) is 24.1. The number of carbonyl (C=O) groups is 1. The molecule has 1 N–H and O–H groups in total. The van der Waals surface area contributed by atoms with Crippen molar-refractivity contribution in [2.45, 2.75) is 37.8 Å². The summed E-state index contributed by atoms with van der Waals surface area (Å²) in [5, 5.41) is 11.5. The first-order chi connectivity index (χ1) is 21.9. The summed E-state index contributed by atoms with van der Waals surface area (Å²) in [4.78, 5) is 28.6. The van der Waals surface area contributed by atoms with Crippen LogP contribution in [0.15, 0.2) is 42.6 Å². The van der Waals surface area contributed by atoms with Gasteiger partial charge in [-0.1, -0.05) is 12.0 Å². The monoisotopic (exact) mass is 607 g/mol. The number of phenols is 1. The molecule has 9 nitrogen and oxygen atoms in total. The molecular formula is C34H27F2N5O4. The van der Waals surface area contributed by atoms with Gasteiger partial charge in [-0.3, -0.25) is 9.88 Å². The van der Waals surface area contributed by atoms with Gasteiger partial charge in [0.15, 0.2) is 5.82 Å². The normalized spacial score (nSPS) is 17.3. The predicted molar refractivity (Wildman–Crippen MR) is 162 cm³/mol. The van der Waals surface area contributed by atoms with Crippen LogP contribution in [0, 0.1) is 24.0 Å². The van der Waals surface area contributed by atoms with Crippen molar-refractivity contribution in [3.8, 4) is 46.7 Å². The second-order valence-corrected chi connectivity index (χ2v) is 11.8. The molecule has 0 aliphatic carbocycles. The van der Waals surface area contributed by atoms with Crippen LogP contribution >= 0.6 is 0 Å². The number of esters is 1. The molecular weight excluding hydrogens is 580 g/mol. The Kier molecular flexibility index (Phi) is 6.25. The molecule has 3 aliphatic heterocycles. The van der Waals surface area contributed by atoms with Gasteiger partial charge >= 0.3 is 12.0 Å². The standard InChI is InChI=1S/C34H27F2N5O4/c1-2-21-24(35)6-5-19-15-20(42)16-22(27(19)21)30-28(36)31-23(17-37-30)29(25-7-8-26-32(43)44-14-13-41(25)26)38-33(39-31)45-18-34-9-3-11-40(34)12-4-10-34/h1,5-8,15-17,42H,3-4,9-14,18H2. The van der Waals surface area contributed by atoms with Gasteiger partial charge in [-0.2, -0.15) is 9.97 Å². The van der Waals surface area contributed by atoms with Crippen molar-refractivity contribution < 1.29 is 28.2 Å². The van der Waals surface area contributed by atoms with E-state index in [0.717, 1.165) is 38.8 Å². The molecule has 3 aromatic heterocycles. The van der Waals surface area contributed by atoms with Crippen LogP contribution in [0.5, 0.6) is 11.8 Å². The molecule has 0 bridgehead atoms. The molecule has 0 amide bonds. The summed E-state index contributed by atoms with van der Waals surface area (Å²) in [5.41, 5.74) is 0.973. The minimum absolute atomic E-state index is 0.00765. The molecule has 3 aliphatic rings. The number of terminal acetylenes is 1. The molecule has 0 saturated carbocycles. The third kappa shape index (κ3) is 4.24. The van der Waals surface area contributed by atoms with E-state index in [4.69, 9.17) is 20.9 Å². The van der Waals surface area contributed by atoms with Gasteiger partial charge in [0.1, 0.15) is 47.4 Å². The van der Waals surface area contributed by atoms with Crippen molar-refractivity contribution in [3.05, 3.63) is 65.5 Å². The number of phenolic OH excluding ortho intramolecular Hbond substituents is 1. The Morgan fingerprint density at radius 2 is 1.84 bits per heavy atom. The zero-order valence-electron chi connectivity index (χ0n) is 24.1. The Bertz CT molecular complexity index is 2090. The number of pyridine rings is 1. The number of halogens is 2. The number of hydrogen-bond acceptors (Lipinski definition) is 8. The molecule has 0 unspecified atom stereocenters. The van der Waals surface area contributed by atoms with Crippen molar-refractivity contribution in [2.75, 3.05) is 26.3 Å². The second kappa shape index (κ2) is 10.2.